The molecule has 0 saturated heterocycles. The minimum atomic E-state index is -0.000799. The summed E-state index contributed by atoms with van der Waals surface area (Å²) in [6.45, 7) is 8.13. The van der Waals surface area contributed by atoms with Crippen LogP contribution in [0.25, 0.3) is 10.6 Å². The van der Waals surface area contributed by atoms with Crippen LogP contribution in [0.15, 0.2) is 29.6 Å². The quantitative estimate of drug-likeness (QED) is 0.882. The highest BCUT2D eigenvalue weighted by molar-refractivity contribution is 7.13. The second kappa shape index (κ2) is 7.94. The third-order valence-electron chi connectivity index (χ3n) is 3.52. The minimum absolute atomic E-state index is 0.000799. The van der Waals surface area contributed by atoms with Crippen molar-refractivity contribution < 1.29 is 4.79 Å². The van der Waals surface area contributed by atoms with Gasteiger partial charge in [0.2, 0.25) is 0 Å². The van der Waals surface area contributed by atoms with E-state index in [2.05, 4.69) is 46.9 Å². The van der Waals surface area contributed by atoms with Gasteiger partial charge in [-0.05, 0) is 26.8 Å². The Morgan fingerprint density at radius 2 is 2.09 bits per heavy atom. The van der Waals surface area contributed by atoms with Crippen LogP contribution in [0, 0.1) is 6.92 Å². The normalized spacial score (nSPS) is 10.5. The van der Waals surface area contributed by atoms with Crippen LogP contribution in [0.4, 0.5) is 4.79 Å². The van der Waals surface area contributed by atoms with Gasteiger partial charge in [0, 0.05) is 37.0 Å². The Kier molecular flexibility index (Phi) is 5.95. The SMILES string of the molecule is CCN(CC)C(=O)NCCc1csc(-c2cccc(C)c2)n1. The van der Waals surface area contributed by atoms with Crippen LogP contribution in [0.5, 0.6) is 0 Å². The monoisotopic (exact) mass is 317 g/mol. The average Bonchev–Trinajstić information content (AvgIpc) is 2.97. The molecule has 0 unspecified atom stereocenters. The van der Waals surface area contributed by atoms with Crippen LogP contribution in [0.3, 0.4) is 0 Å². The van der Waals surface area contributed by atoms with Crippen LogP contribution in [-0.4, -0.2) is 35.5 Å². The van der Waals surface area contributed by atoms with Gasteiger partial charge in [0.15, 0.2) is 0 Å². The fourth-order valence-electron chi connectivity index (χ4n) is 2.25. The summed E-state index contributed by atoms with van der Waals surface area (Å²) in [7, 11) is 0. The predicted molar refractivity (Wildman–Crippen MR) is 92.3 cm³/mol. The standard InChI is InChI=1S/C17H23N3OS/c1-4-20(5-2)17(21)18-10-9-15-12-22-16(19-15)14-8-6-7-13(3)11-14/h6-8,11-12H,4-5,9-10H2,1-3H3,(H,18,21). The number of nitrogens with one attached hydrogen (secondary N) is 1. The van der Waals surface area contributed by atoms with Crippen molar-refractivity contribution in [3.8, 4) is 10.6 Å². The molecule has 2 aromatic rings. The van der Waals surface area contributed by atoms with Crippen molar-refractivity contribution in [2.24, 2.45) is 0 Å². The molecule has 0 atom stereocenters. The number of urea groups is 1. The lowest BCUT2D eigenvalue weighted by molar-refractivity contribution is 0.203. The lowest BCUT2D eigenvalue weighted by Gasteiger charge is -2.18. The van der Waals surface area contributed by atoms with Crippen molar-refractivity contribution in [3.05, 3.63) is 40.9 Å². The summed E-state index contributed by atoms with van der Waals surface area (Å²) in [5, 5.41) is 6.05. The highest BCUT2D eigenvalue weighted by Crippen LogP contribution is 2.24. The van der Waals surface area contributed by atoms with Crippen LogP contribution >= 0.6 is 11.3 Å². The van der Waals surface area contributed by atoms with Crippen LogP contribution in [-0.2, 0) is 6.42 Å². The van der Waals surface area contributed by atoms with Crippen LogP contribution < -0.4 is 5.32 Å². The summed E-state index contributed by atoms with van der Waals surface area (Å²) in [4.78, 5) is 18.3. The number of hydrogen-bond donors (Lipinski definition) is 1. The number of thiazole rings is 1. The van der Waals surface area contributed by atoms with E-state index < -0.39 is 0 Å². The van der Waals surface area contributed by atoms with E-state index in [0.717, 1.165) is 35.8 Å². The number of hydrogen-bond acceptors (Lipinski definition) is 3. The van der Waals surface area contributed by atoms with E-state index in [0.29, 0.717) is 6.54 Å². The molecular weight excluding hydrogens is 294 g/mol. The first-order chi connectivity index (χ1) is 10.6. The zero-order chi connectivity index (χ0) is 15.9. The van der Waals surface area contributed by atoms with Gasteiger partial charge in [0.05, 0.1) is 5.69 Å². The average molecular weight is 317 g/mol. The van der Waals surface area contributed by atoms with E-state index in [4.69, 9.17) is 0 Å². The number of aryl methyl sites for hydroxylation is 1. The van der Waals surface area contributed by atoms with Crippen molar-refractivity contribution in [1.29, 1.82) is 0 Å². The summed E-state index contributed by atoms with van der Waals surface area (Å²) in [6, 6.07) is 8.36. The molecule has 22 heavy (non-hydrogen) atoms. The molecule has 0 bridgehead atoms. The van der Waals surface area contributed by atoms with Gasteiger partial charge in [-0.3, -0.25) is 0 Å². The first-order valence-electron chi connectivity index (χ1n) is 7.68. The molecule has 0 saturated carbocycles. The van der Waals surface area contributed by atoms with Gasteiger partial charge in [0.1, 0.15) is 5.01 Å². The van der Waals surface area contributed by atoms with E-state index in [1.54, 1.807) is 16.2 Å². The van der Waals surface area contributed by atoms with Crippen LogP contribution in [0.1, 0.15) is 25.1 Å². The zero-order valence-corrected chi connectivity index (χ0v) is 14.2. The van der Waals surface area contributed by atoms with Crippen molar-refractivity contribution in [2.45, 2.75) is 27.2 Å². The van der Waals surface area contributed by atoms with E-state index >= 15 is 0 Å². The van der Waals surface area contributed by atoms with E-state index in [-0.39, 0.29) is 6.03 Å². The first-order valence-corrected chi connectivity index (χ1v) is 8.56. The molecule has 1 aromatic carbocycles. The van der Waals surface area contributed by atoms with Crippen molar-refractivity contribution in [3.63, 3.8) is 0 Å². The third-order valence-corrected chi connectivity index (χ3v) is 4.46. The molecular formula is C17H23N3OS. The number of benzene rings is 1. The maximum Gasteiger partial charge on any atom is 0.317 e. The summed E-state index contributed by atoms with van der Waals surface area (Å²) in [5.41, 5.74) is 3.42. The second-order valence-corrected chi connectivity index (χ2v) is 6.03. The third kappa shape index (κ3) is 4.31. The van der Waals surface area contributed by atoms with Gasteiger partial charge < -0.3 is 10.2 Å². The highest BCUT2D eigenvalue weighted by Gasteiger charge is 2.09. The van der Waals surface area contributed by atoms with E-state index in [1.807, 2.05) is 13.8 Å². The summed E-state index contributed by atoms with van der Waals surface area (Å²) < 4.78 is 0. The number of carbonyl (C=O) groups excluding carboxylic acids is 1. The molecule has 0 radical (unpaired) electrons. The van der Waals surface area contributed by atoms with Crippen molar-refractivity contribution in [1.82, 2.24) is 15.2 Å². The van der Waals surface area contributed by atoms with Gasteiger partial charge in [-0.1, -0.05) is 23.8 Å². The Bertz CT molecular complexity index is 620. The predicted octanol–water partition coefficient (Wildman–Crippen LogP) is 3.71. The molecule has 2 rings (SSSR count). The number of nitrogens with zero attached hydrogens (tertiary/aromatic N) is 2. The molecule has 0 aliphatic carbocycles. The second-order valence-electron chi connectivity index (χ2n) is 5.17. The largest absolute Gasteiger partial charge is 0.338 e. The minimum Gasteiger partial charge on any atom is -0.338 e. The number of aromatic nitrogens is 1. The van der Waals surface area contributed by atoms with Crippen molar-refractivity contribution >= 4 is 17.4 Å². The summed E-state index contributed by atoms with van der Waals surface area (Å²) in [5.74, 6) is 0. The van der Waals surface area contributed by atoms with Gasteiger partial charge in [-0.15, -0.1) is 11.3 Å². The molecule has 1 aromatic heterocycles. The number of amides is 2. The topological polar surface area (TPSA) is 45.2 Å². The van der Waals surface area contributed by atoms with Crippen molar-refractivity contribution in [2.75, 3.05) is 19.6 Å². The fraction of sp³-hybridized carbons (Fsp3) is 0.412. The summed E-state index contributed by atoms with van der Waals surface area (Å²) >= 11 is 1.65. The first kappa shape index (κ1) is 16.5. The smallest absolute Gasteiger partial charge is 0.317 e. The summed E-state index contributed by atoms with van der Waals surface area (Å²) in [6.07, 6.45) is 0.759. The number of carbonyl (C=O) groups is 1. The molecule has 1 heterocycles. The fourth-order valence-corrected chi connectivity index (χ4v) is 3.10. The lowest BCUT2D eigenvalue weighted by Crippen LogP contribution is -2.40. The van der Waals surface area contributed by atoms with Crippen LogP contribution in [0.2, 0.25) is 0 Å². The lowest BCUT2D eigenvalue weighted by atomic mass is 10.1. The van der Waals surface area contributed by atoms with Gasteiger partial charge in [-0.2, -0.15) is 0 Å². The maximum absolute atomic E-state index is 11.9. The Morgan fingerprint density at radius 1 is 1.32 bits per heavy atom. The molecule has 0 fully saturated rings. The zero-order valence-electron chi connectivity index (χ0n) is 13.4. The Hall–Kier alpha value is -1.88. The molecule has 4 nitrogen and oxygen atoms in total. The highest BCUT2D eigenvalue weighted by atomic mass is 32.1. The molecule has 118 valence electrons. The molecule has 1 N–H and O–H groups in total. The van der Waals surface area contributed by atoms with Gasteiger partial charge in [0.25, 0.3) is 0 Å². The van der Waals surface area contributed by atoms with Gasteiger partial charge >= 0.3 is 6.03 Å². The van der Waals surface area contributed by atoms with E-state index in [1.165, 1.54) is 5.56 Å². The molecule has 0 spiro atoms. The Balaban J connectivity index is 1.89. The molecule has 0 aliphatic heterocycles. The maximum atomic E-state index is 11.9. The Morgan fingerprint density at radius 3 is 2.77 bits per heavy atom. The molecule has 2 amide bonds. The van der Waals surface area contributed by atoms with E-state index in [9.17, 15) is 4.79 Å². The number of rotatable bonds is 6. The molecule has 0 aliphatic rings. The Labute approximate surface area is 136 Å². The molecule has 5 heteroatoms. The van der Waals surface area contributed by atoms with Gasteiger partial charge in [-0.25, -0.2) is 9.78 Å².